The first-order chi connectivity index (χ1) is 11.0. The molecule has 0 spiro atoms. The maximum absolute atomic E-state index is 12.0. The number of aliphatic hydroxyl groups is 1. The quantitative estimate of drug-likeness (QED) is 0.764. The number of hydrogen-bond acceptors (Lipinski definition) is 3. The van der Waals surface area contributed by atoms with Gasteiger partial charge in [0.1, 0.15) is 11.9 Å². The number of hydrogen-bond donors (Lipinski definition) is 3. The highest BCUT2D eigenvalue weighted by molar-refractivity contribution is 5.74. The van der Waals surface area contributed by atoms with E-state index in [9.17, 15) is 9.90 Å². The highest BCUT2D eigenvalue weighted by Crippen LogP contribution is 2.18. The van der Waals surface area contributed by atoms with E-state index in [4.69, 9.17) is 4.42 Å². The lowest BCUT2D eigenvalue weighted by Gasteiger charge is -2.20. The van der Waals surface area contributed by atoms with Crippen molar-refractivity contribution < 1.29 is 14.3 Å². The Morgan fingerprint density at radius 3 is 2.48 bits per heavy atom. The normalized spacial score (nSPS) is 14.8. The van der Waals surface area contributed by atoms with Crippen LogP contribution in [0.5, 0.6) is 0 Å². The average Bonchev–Trinajstić information content (AvgIpc) is 3.01. The predicted molar refractivity (Wildman–Crippen MR) is 89.0 cm³/mol. The van der Waals surface area contributed by atoms with Gasteiger partial charge >= 0.3 is 6.03 Å². The van der Waals surface area contributed by atoms with Crippen LogP contribution in [0.15, 0.2) is 47.1 Å². The molecule has 3 atom stereocenters. The second-order valence-electron chi connectivity index (χ2n) is 5.92. The van der Waals surface area contributed by atoms with Gasteiger partial charge in [0.05, 0.1) is 12.3 Å². The van der Waals surface area contributed by atoms with Gasteiger partial charge in [-0.25, -0.2) is 4.79 Å². The topological polar surface area (TPSA) is 74.5 Å². The molecule has 0 radical (unpaired) electrons. The minimum Gasteiger partial charge on any atom is -0.467 e. The zero-order valence-electron chi connectivity index (χ0n) is 13.7. The summed E-state index contributed by atoms with van der Waals surface area (Å²) in [5.74, 6) is 0.507. The van der Waals surface area contributed by atoms with Crippen molar-refractivity contribution in [1.82, 2.24) is 10.6 Å². The zero-order valence-corrected chi connectivity index (χ0v) is 13.7. The second kappa shape index (κ2) is 7.83. The van der Waals surface area contributed by atoms with Crippen LogP contribution < -0.4 is 10.6 Å². The van der Waals surface area contributed by atoms with Crippen LogP contribution in [0.1, 0.15) is 49.3 Å². The zero-order chi connectivity index (χ0) is 16.8. The Morgan fingerprint density at radius 2 is 1.87 bits per heavy atom. The maximum Gasteiger partial charge on any atom is 0.315 e. The molecule has 2 aromatic rings. The Bertz CT molecular complexity index is 608. The van der Waals surface area contributed by atoms with Crippen LogP contribution in [0.4, 0.5) is 4.79 Å². The summed E-state index contributed by atoms with van der Waals surface area (Å²) in [5, 5.41) is 15.7. The smallest absolute Gasteiger partial charge is 0.315 e. The fourth-order valence-corrected chi connectivity index (χ4v) is 2.39. The molecule has 3 unspecified atom stereocenters. The summed E-state index contributed by atoms with van der Waals surface area (Å²) in [7, 11) is 0. The maximum atomic E-state index is 12.0. The van der Waals surface area contributed by atoms with Crippen molar-refractivity contribution in [2.24, 2.45) is 0 Å². The van der Waals surface area contributed by atoms with Crippen molar-refractivity contribution in [3.8, 4) is 0 Å². The van der Waals surface area contributed by atoms with Gasteiger partial charge in [0, 0.05) is 12.5 Å². The van der Waals surface area contributed by atoms with Gasteiger partial charge in [-0.15, -0.1) is 0 Å². The summed E-state index contributed by atoms with van der Waals surface area (Å²) in [6.45, 7) is 5.81. The van der Waals surface area contributed by atoms with E-state index < -0.39 is 6.10 Å². The number of carbonyl (C=O) groups is 1. The number of aryl methyl sites for hydroxylation is 1. The van der Waals surface area contributed by atoms with Gasteiger partial charge in [-0.2, -0.15) is 0 Å². The van der Waals surface area contributed by atoms with Gasteiger partial charge in [0.25, 0.3) is 0 Å². The molecular formula is C18H24N2O3. The van der Waals surface area contributed by atoms with Crippen LogP contribution in [-0.4, -0.2) is 17.2 Å². The first-order valence-corrected chi connectivity index (χ1v) is 7.80. The molecule has 0 saturated carbocycles. The molecule has 0 bridgehead atoms. The van der Waals surface area contributed by atoms with E-state index >= 15 is 0 Å². The van der Waals surface area contributed by atoms with Gasteiger partial charge in [-0.3, -0.25) is 0 Å². The monoisotopic (exact) mass is 316 g/mol. The van der Waals surface area contributed by atoms with Crippen LogP contribution in [0.3, 0.4) is 0 Å². The highest BCUT2D eigenvalue weighted by Gasteiger charge is 2.17. The lowest BCUT2D eigenvalue weighted by atomic mass is 10.1. The van der Waals surface area contributed by atoms with Crippen molar-refractivity contribution in [2.75, 3.05) is 0 Å². The molecule has 5 nitrogen and oxygen atoms in total. The summed E-state index contributed by atoms with van der Waals surface area (Å²) < 4.78 is 5.15. The Labute approximate surface area is 136 Å². The molecule has 124 valence electrons. The van der Waals surface area contributed by atoms with Gasteiger partial charge in [0.15, 0.2) is 0 Å². The number of benzene rings is 1. The van der Waals surface area contributed by atoms with E-state index in [1.165, 1.54) is 11.8 Å². The van der Waals surface area contributed by atoms with Crippen LogP contribution in [-0.2, 0) is 0 Å². The number of aliphatic hydroxyl groups excluding tert-OH is 1. The molecule has 1 aromatic heterocycles. The van der Waals surface area contributed by atoms with E-state index in [0.29, 0.717) is 12.2 Å². The first-order valence-electron chi connectivity index (χ1n) is 7.80. The Balaban J connectivity index is 1.80. The van der Waals surface area contributed by atoms with Gasteiger partial charge in [0.2, 0.25) is 0 Å². The van der Waals surface area contributed by atoms with E-state index in [1.807, 2.05) is 45.0 Å². The molecule has 2 amide bonds. The van der Waals surface area contributed by atoms with Gasteiger partial charge < -0.3 is 20.2 Å². The molecule has 0 saturated heterocycles. The standard InChI is InChI=1S/C18H24N2O3/c1-12-6-8-15(9-7-12)14(3)20-18(22)19-13(2)11-16(21)17-5-4-10-23-17/h4-10,13-14,16,21H,11H2,1-3H3,(H2,19,20,22). The van der Waals surface area contributed by atoms with Crippen LogP contribution in [0.25, 0.3) is 0 Å². The average molecular weight is 316 g/mol. The Hall–Kier alpha value is -2.27. The number of rotatable bonds is 6. The Morgan fingerprint density at radius 1 is 1.17 bits per heavy atom. The number of urea groups is 1. The SMILES string of the molecule is Cc1ccc(C(C)NC(=O)NC(C)CC(O)c2ccco2)cc1. The van der Waals surface area contributed by atoms with E-state index in [0.717, 1.165) is 5.56 Å². The Kier molecular flexibility index (Phi) is 5.82. The number of nitrogens with one attached hydrogen (secondary N) is 2. The van der Waals surface area contributed by atoms with E-state index in [2.05, 4.69) is 10.6 Å². The second-order valence-corrected chi connectivity index (χ2v) is 5.92. The lowest BCUT2D eigenvalue weighted by molar-refractivity contribution is 0.129. The molecule has 0 aliphatic rings. The third kappa shape index (κ3) is 5.14. The molecule has 2 rings (SSSR count). The molecule has 3 N–H and O–H groups in total. The largest absolute Gasteiger partial charge is 0.467 e. The van der Waals surface area contributed by atoms with Gasteiger partial charge in [-0.05, 0) is 38.5 Å². The van der Waals surface area contributed by atoms with E-state index in [1.54, 1.807) is 12.1 Å². The first kappa shape index (κ1) is 17.1. The number of carbonyl (C=O) groups excluding carboxylic acids is 1. The fourth-order valence-electron chi connectivity index (χ4n) is 2.39. The molecule has 0 aliphatic heterocycles. The third-order valence-corrected chi connectivity index (χ3v) is 3.75. The van der Waals surface area contributed by atoms with Crippen LogP contribution in [0.2, 0.25) is 0 Å². The van der Waals surface area contributed by atoms with Gasteiger partial charge in [-0.1, -0.05) is 29.8 Å². The molecule has 23 heavy (non-hydrogen) atoms. The van der Waals surface area contributed by atoms with Crippen molar-refractivity contribution in [3.63, 3.8) is 0 Å². The summed E-state index contributed by atoms with van der Waals surface area (Å²) >= 11 is 0. The molecule has 1 heterocycles. The lowest BCUT2D eigenvalue weighted by Crippen LogP contribution is -2.42. The predicted octanol–water partition coefficient (Wildman–Crippen LogP) is 3.46. The van der Waals surface area contributed by atoms with Crippen LogP contribution >= 0.6 is 0 Å². The third-order valence-electron chi connectivity index (χ3n) is 3.75. The minimum atomic E-state index is -0.727. The summed E-state index contributed by atoms with van der Waals surface area (Å²) in [5.41, 5.74) is 2.24. The van der Waals surface area contributed by atoms with Crippen molar-refractivity contribution in [2.45, 2.75) is 45.4 Å². The fraction of sp³-hybridized carbons (Fsp3) is 0.389. The van der Waals surface area contributed by atoms with Crippen molar-refractivity contribution in [1.29, 1.82) is 0 Å². The molecular weight excluding hydrogens is 292 g/mol. The van der Waals surface area contributed by atoms with Crippen molar-refractivity contribution >= 4 is 6.03 Å². The van der Waals surface area contributed by atoms with E-state index in [-0.39, 0.29) is 18.1 Å². The highest BCUT2D eigenvalue weighted by atomic mass is 16.4. The molecule has 1 aromatic carbocycles. The summed E-state index contributed by atoms with van der Waals surface area (Å²) in [6, 6.07) is 11.0. The van der Waals surface area contributed by atoms with Crippen LogP contribution in [0, 0.1) is 6.92 Å². The molecule has 0 aliphatic carbocycles. The number of furan rings is 1. The summed E-state index contributed by atoms with van der Waals surface area (Å²) in [4.78, 5) is 12.0. The summed E-state index contributed by atoms with van der Waals surface area (Å²) in [6.07, 6.45) is 1.18. The molecule has 5 heteroatoms. The molecule has 0 fully saturated rings. The van der Waals surface area contributed by atoms with Crippen molar-refractivity contribution in [3.05, 3.63) is 59.5 Å². The minimum absolute atomic E-state index is 0.0854. The number of amides is 2.